The number of benzene rings is 2. The number of carbonyl (C=O) groups excluding carboxylic acids is 2. The van der Waals surface area contributed by atoms with Gasteiger partial charge in [0.2, 0.25) is 5.88 Å². The van der Waals surface area contributed by atoms with Gasteiger partial charge >= 0.3 is 0 Å². The number of anilines is 1. The van der Waals surface area contributed by atoms with Crippen molar-refractivity contribution in [2.24, 2.45) is 0 Å². The number of pyridine rings is 1. The van der Waals surface area contributed by atoms with E-state index in [9.17, 15) is 9.59 Å². The van der Waals surface area contributed by atoms with Crippen LogP contribution in [0.15, 0.2) is 79.0 Å². The molecule has 1 amide bonds. The standard InChI is InChI=1S/C26H22ClN3O3/c1-17-14-22(25(31)26(32)29-21-12-13-28-23(15-21)33-2)24(19-6-4-3-5-7-19)30(17)16-18-8-10-20(27)11-9-18/h3-15H,16H2,1-2H3,(H,28,29,32). The summed E-state index contributed by atoms with van der Waals surface area (Å²) in [4.78, 5) is 30.1. The van der Waals surface area contributed by atoms with Gasteiger partial charge in [0.15, 0.2) is 0 Å². The number of aryl methyl sites for hydroxylation is 1. The third-order valence-corrected chi connectivity index (χ3v) is 5.51. The van der Waals surface area contributed by atoms with Crippen LogP contribution in [0, 0.1) is 6.92 Å². The molecule has 0 atom stereocenters. The molecule has 0 aliphatic heterocycles. The molecule has 0 bridgehead atoms. The van der Waals surface area contributed by atoms with E-state index < -0.39 is 11.7 Å². The average molecular weight is 460 g/mol. The highest BCUT2D eigenvalue weighted by molar-refractivity contribution is 6.47. The molecule has 1 N–H and O–H groups in total. The minimum absolute atomic E-state index is 0.339. The Morgan fingerprint density at radius 3 is 2.45 bits per heavy atom. The number of hydrogen-bond donors (Lipinski definition) is 1. The Morgan fingerprint density at radius 2 is 1.76 bits per heavy atom. The number of methoxy groups -OCH3 is 1. The van der Waals surface area contributed by atoms with Gasteiger partial charge in [-0.2, -0.15) is 0 Å². The summed E-state index contributed by atoms with van der Waals surface area (Å²) in [5.74, 6) is -1.01. The number of hydrogen-bond acceptors (Lipinski definition) is 4. The lowest BCUT2D eigenvalue weighted by Gasteiger charge is -2.14. The number of nitrogens with zero attached hydrogens (tertiary/aromatic N) is 2. The number of aromatic nitrogens is 2. The van der Waals surface area contributed by atoms with Crippen LogP contribution in [0.1, 0.15) is 21.6 Å². The SMILES string of the molecule is COc1cc(NC(=O)C(=O)c2cc(C)n(Cc3ccc(Cl)cc3)c2-c2ccccc2)ccn1. The van der Waals surface area contributed by atoms with Crippen molar-refractivity contribution >= 4 is 29.0 Å². The van der Waals surface area contributed by atoms with E-state index in [1.165, 1.54) is 13.3 Å². The zero-order chi connectivity index (χ0) is 23.4. The van der Waals surface area contributed by atoms with E-state index in [1.54, 1.807) is 18.2 Å². The Morgan fingerprint density at radius 1 is 1.03 bits per heavy atom. The zero-order valence-corrected chi connectivity index (χ0v) is 19.0. The second kappa shape index (κ2) is 9.71. The molecule has 0 fully saturated rings. The molecule has 0 saturated heterocycles. The van der Waals surface area contributed by atoms with E-state index in [1.807, 2.05) is 66.1 Å². The number of ketones is 1. The van der Waals surface area contributed by atoms with E-state index in [2.05, 4.69) is 10.3 Å². The summed E-state index contributed by atoms with van der Waals surface area (Å²) in [6.45, 7) is 2.45. The molecule has 0 unspecified atom stereocenters. The lowest BCUT2D eigenvalue weighted by Crippen LogP contribution is -2.23. The number of halogens is 1. The van der Waals surface area contributed by atoms with E-state index in [-0.39, 0.29) is 0 Å². The fourth-order valence-corrected chi connectivity index (χ4v) is 3.77. The molecule has 4 aromatic rings. The van der Waals surface area contributed by atoms with Gasteiger partial charge in [0.25, 0.3) is 11.7 Å². The van der Waals surface area contributed by atoms with Crippen LogP contribution in [0.5, 0.6) is 5.88 Å². The zero-order valence-electron chi connectivity index (χ0n) is 18.2. The van der Waals surface area contributed by atoms with Gasteiger partial charge in [-0.25, -0.2) is 4.98 Å². The molecule has 4 rings (SSSR count). The van der Waals surface area contributed by atoms with Crippen LogP contribution in [-0.4, -0.2) is 28.4 Å². The minimum atomic E-state index is -0.732. The van der Waals surface area contributed by atoms with E-state index >= 15 is 0 Å². The summed E-state index contributed by atoms with van der Waals surface area (Å²) in [5.41, 5.74) is 4.20. The van der Waals surface area contributed by atoms with Crippen molar-refractivity contribution in [3.05, 3.63) is 101 Å². The van der Waals surface area contributed by atoms with E-state index in [0.717, 1.165) is 16.8 Å². The smallest absolute Gasteiger partial charge is 0.296 e. The van der Waals surface area contributed by atoms with Gasteiger partial charge in [-0.15, -0.1) is 0 Å². The van der Waals surface area contributed by atoms with Crippen LogP contribution in [-0.2, 0) is 11.3 Å². The lowest BCUT2D eigenvalue weighted by atomic mass is 10.0. The van der Waals surface area contributed by atoms with Crippen LogP contribution >= 0.6 is 11.6 Å². The van der Waals surface area contributed by atoms with Gasteiger partial charge < -0.3 is 14.6 Å². The maximum atomic E-state index is 13.3. The van der Waals surface area contributed by atoms with Crippen LogP contribution in [0.2, 0.25) is 5.02 Å². The number of nitrogens with one attached hydrogen (secondary N) is 1. The Bertz CT molecular complexity index is 1300. The maximum Gasteiger partial charge on any atom is 0.296 e. The molecule has 166 valence electrons. The highest BCUT2D eigenvalue weighted by Gasteiger charge is 2.25. The summed E-state index contributed by atoms with van der Waals surface area (Å²) >= 11 is 6.03. The van der Waals surface area contributed by atoms with E-state index in [0.29, 0.717) is 34.4 Å². The molecular formula is C26H22ClN3O3. The summed E-state index contributed by atoms with van der Waals surface area (Å²) < 4.78 is 7.12. The van der Waals surface area contributed by atoms with Crippen molar-refractivity contribution in [1.82, 2.24) is 9.55 Å². The van der Waals surface area contributed by atoms with Gasteiger partial charge in [-0.1, -0.05) is 54.1 Å². The predicted octanol–water partition coefficient (Wildman–Crippen LogP) is 5.39. The van der Waals surface area contributed by atoms with Crippen molar-refractivity contribution in [3.8, 4) is 17.1 Å². The van der Waals surface area contributed by atoms with Gasteiger partial charge in [-0.3, -0.25) is 9.59 Å². The molecular weight excluding hydrogens is 438 g/mol. The largest absolute Gasteiger partial charge is 0.481 e. The highest BCUT2D eigenvalue weighted by atomic mass is 35.5. The van der Waals surface area contributed by atoms with Gasteiger partial charge in [0, 0.05) is 35.2 Å². The number of amides is 1. The van der Waals surface area contributed by atoms with Crippen molar-refractivity contribution in [3.63, 3.8) is 0 Å². The first-order valence-electron chi connectivity index (χ1n) is 10.3. The third kappa shape index (κ3) is 4.96. The van der Waals surface area contributed by atoms with Crippen molar-refractivity contribution in [1.29, 1.82) is 0 Å². The molecule has 0 aliphatic carbocycles. The molecule has 7 heteroatoms. The molecule has 0 aliphatic rings. The normalized spacial score (nSPS) is 10.6. The molecule has 0 radical (unpaired) electrons. The number of Topliss-reactive ketones (excluding diaryl/α,β-unsaturated/α-hetero) is 1. The Kier molecular flexibility index (Phi) is 6.56. The fourth-order valence-electron chi connectivity index (χ4n) is 3.64. The fraction of sp³-hybridized carbons (Fsp3) is 0.115. The molecule has 2 aromatic heterocycles. The second-order valence-corrected chi connectivity index (χ2v) is 7.93. The van der Waals surface area contributed by atoms with Gasteiger partial charge in [-0.05, 0) is 42.3 Å². The lowest BCUT2D eigenvalue weighted by molar-refractivity contribution is -0.112. The maximum absolute atomic E-state index is 13.3. The monoisotopic (exact) mass is 459 g/mol. The van der Waals surface area contributed by atoms with Crippen LogP contribution in [0.4, 0.5) is 5.69 Å². The third-order valence-electron chi connectivity index (χ3n) is 5.26. The van der Waals surface area contributed by atoms with Crippen molar-refractivity contribution in [2.75, 3.05) is 12.4 Å². The molecule has 0 spiro atoms. The number of ether oxygens (including phenoxy) is 1. The summed E-state index contributed by atoms with van der Waals surface area (Å²) in [7, 11) is 1.48. The van der Waals surface area contributed by atoms with Gasteiger partial charge in [0.05, 0.1) is 18.4 Å². The van der Waals surface area contributed by atoms with Crippen LogP contribution in [0.3, 0.4) is 0 Å². The molecule has 2 aromatic carbocycles. The molecule has 33 heavy (non-hydrogen) atoms. The first-order valence-corrected chi connectivity index (χ1v) is 10.7. The number of rotatable bonds is 7. The predicted molar refractivity (Wildman–Crippen MR) is 129 cm³/mol. The highest BCUT2D eigenvalue weighted by Crippen LogP contribution is 2.29. The topological polar surface area (TPSA) is 73.2 Å². The second-order valence-electron chi connectivity index (χ2n) is 7.50. The van der Waals surface area contributed by atoms with Crippen LogP contribution in [0.25, 0.3) is 11.3 Å². The Balaban J connectivity index is 1.71. The Labute approximate surface area is 196 Å². The average Bonchev–Trinajstić information content (AvgIpc) is 3.16. The summed E-state index contributed by atoms with van der Waals surface area (Å²) in [6, 6.07) is 22.0. The quantitative estimate of drug-likeness (QED) is 0.297. The molecule has 2 heterocycles. The van der Waals surface area contributed by atoms with Crippen LogP contribution < -0.4 is 10.1 Å². The van der Waals surface area contributed by atoms with Gasteiger partial charge in [0.1, 0.15) is 0 Å². The summed E-state index contributed by atoms with van der Waals surface area (Å²) in [6.07, 6.45) is 1.50. The first-order chi connectivity index (χ1) is 16.0. The first kappa shape index (κ1) is 22.3. The number of carbonyl (C=O) groups is 2. The minimum Gasteiger partial charge on any atom is -0.481 e. The van der Waals surface area contributed by atoms with E-state index in [4.69, 9.17) is 16.3 Å². The molecule has 0 saturated carbocycles. The summed E-state index contributed by atoms with van der Waals surface area (Å²) in [5, 5.41) is 3.30. The Hall–Kier alpha value is -3.90. The molecule has 6 nitrogen and oxygen atoms in total. The van der Waals surface area contributed by atoms with Crippen molar-refractivity contribution in [2.45, 2.75) is 13.5 Å². The van der Waals surface area contributed by atoms with Crippen molar-refractivity contribution < 1.29 is 14.3 Å².